The molecule has 3 rings (SSSR count). The summed E-state index contributed by atoms with van der Waals surface area (Å²) in [6.07, 6.45) is 0.714. The molecule has 1 aliphatic rings. The summed E-state index contributed by atoms with van der Waals surface area (Å²) in [6, 6.07) is 14.6. The fourth-order valence-electron chi connectivity index (χ4n) is 2.98. The molecular weight excluding hydrogens is 371 g/mol. The molecule has 1 heterocycles. The van der Waals surface area contributed by atoms with Crippen LogP contribution in [0.25, 0.3) is 0 Å². The van der Waals surface area contributed by atoms with E-state index in [0.717, 1.165) is 11.1 Å². The molecule has 6 heteroatoms. The van der Waals surface area contributed by atoms with Crippen LogP contribution < -0.4 is 0 Å². The first-order valence-electron chi connectivity index (χ1n) is 8.56. The van der Waals surface area contributed by atoms with Gasteiger partial charge in [0.15, 0.2) is 0 Å². The third kappa shape index (κ3) is 4.99. The lowest BCUT2D eigenvalue weighted by Crippen LogP contribution is -2.51. The maximum Gasteiger partial charge on any atom is 0.227 e. The van der Waals surface area contributed by atoms with Crippen LogP contribution in [0.1, 0.15) is 11.1 Å². The third-order valence-corrected chi connectivity index (χ3v) is 5.03. The second-order valence-electron chi connectivity index (χ2n) is 6.37. The number of amides is 2. The average Bonchev–Trinajstić information content (AvgIpc) is 2.65. The Hall–Kier alpha value is -2.04. The molecule has 2 aromatic carbocycles. The van der Waals surface area contributed by atoms with Gasteiger partial charge in [-0.2, -0.15) is 0 Å². The molecule has 0 radical (unpaired) electrons. The van der Waals surface area contributed by atoms with E-state index in [2.05, 4.69) is 0 Å². The number of piperazine rings is 1. The molecule has 0 saturated carbocycles. The van der Waals surface area contributed by atoms with Crippen LogP contribution in [0.5, 0.6) is 0 Å². The van der Waals surface area contributed by atoms with Gasteiger partial charge in [0, 0.05) is 36.2 Å². The lowest BCUT2D eigenvalue weighted by atomic mass is 10.1. The summed E-state index contributed by atoms with van der Waals surface area (Å²) in [5, 5.41) is 1.32. The quantitative estimate of drug-likeness (QED) is 0.801. The second kappa shape index (κ2) is 8.56. The van der Waals surface area contributed by atoms with Crippen molar-refractivity contribution in [3.05, 3.63) is 69.7 Å². The van der Waals surface area contributed by atoms with Gasteiger partial charge in [0.1, 0.15) is 0 Å². The molecule has 136 valence electrons. The second-order valence-corrected chi connectivity index (χ2v) is 7.24. The summed E-state index contributed by atoms with van der Waals surface area (Å²) in [5.74, 6) is 0.161. The van der Waals surface area contributed by atoms with Crippen LogP contribution >= 0.6 is 23.2 Å². The van der Waals surface area contributed by atoms with Crippen LogP contribution in [-0.2, 0) is 22.4 Å². The van der Waals surface area contributed by atoms with Crippen molar-refractivity contribution in [2.75, 3.05) is 26.2 Å². The third-order valence-electron chi connectivity index (χ3n) is 4.52. The predicted molar refractivity (Wildman–Crippen MR) is 103 cm³/mol. The Kier molecular flexibility index (Phi) is 6.17. The van der Waals surface area contributed by atoms with Gasteiger partial charge in [-0.25, -0.2) is 0 Å². The van der Waals surface area contributed by atoms with Crippen LogP contribution in [-0.4, -0.2) is 47.8 Å². The topological polar surface area (TPSA) is 40.6 Å². The van der Waals surface area contributed by atoms with Gasteiger partial charge in [-0.1, -0.05) is 47.5 Å². The summed E-state index contributed by atoms with van der Waals surface area (Å²) in [4.78, 5) is 28.5. The molecule has 0 spiro atoms. The van der Waals surface area contributed by atoms with Gasteiger partial charge in [-0.15, -0.1) is 0 Å². The number of hydrogen-bond donors (Lipinski definition) is 0. The highest BCUT2D eigenvalue weighted by atomic mass is 35.5. The van der Waals surface area contributed by atoms with Gasteiger partial charge in [-0.3, -0.25) is 9.59 Å². The van der Waals surface area contributed by atoms with Crippen molar-refractivity contribution in [2.45, 2.75) is 12.8 Å². The van der Waals surface area contributed by atoms with Crippen molar-refractivity contribution in [1.29, 1.82) is 0 Å². The molecule has 2 amide bonds. The van der Waals surface area contributed by atoms with Gasteiger partial charge in [-0.05, 0) is 35.4 Å². The molecule has 4 nitrogen and oxygen atoms in total. The van der Waals surface area contributed by atoms with Gasteiger partial charge in [0.25, 0.3) is 0 Å². The van der Waals surface area contributed by atoms with Crippen molar-refractivity contribution in [3.8, 4) is 0 Å². The number of carbonyl (C=O) groups is 2. The summed E-state index contributed by atoms with van der Waals surface area (Å²) in [6.45, 7) is 2.27. The summed E-state index contributed by atoms with van der Waals surface area (Å²) in [5.41, 5.74) is 1.89. The molecule has 0 N–H and O–H groups in total. The molecule has 0 aromatic heterocycles. The average molecular weight is 391 g/mol. The molecule has 1 saturated heterocycles. The van der Waals surface area contributed by atoms with E-state index in [1.807, 2.05) is 34.1 Å². The lowest BCUT2D eigenvalue weighted by Gasteiger charge is -2.35. The summed E-state index contributed by atoms with van der Waals surface area (Å²) < 4.78 is 0. The monoisotopic (exact) mass is 390 g/mol. The molecular formula is C20H20Cl2N2O2. The minimum atomic E-state index is 0.0807. The molecule has 1 fully saturated rings. The van der Waals surface area contributed by atoms with Gasteiger partial charge in [0.2, 0.25) is 11.8 Å². The van der Waals surface area contributed by atoms with Crippen molar-refractivity contribution < 1.29 is 9.59 Å². The Bertz CT molecular complexity index is 700. The Morgan fingerprint density at radius 1 is 0.654 bits per heavy atom. The van der Waals surface area contributed by atoms with Gasteiger partial charge < -0.3 is 9.80 Å². The molecule has 2 aromatic rings. The Morgan fingerprint density at radius 3 is 1.27 bits per heavy atom. The Labute approximate surface area is 163 Å². The van der Waals surface area contributed by atoms with Crippen LogP contribution in [0.3, 0.4) is 0 Å². The highest BCUT2D eigenvalue weighted by molar-refractivity contribution is 6.30. The van der Waals surface area contributed by atoms with E-state index in [1.54, 1.807) is 24.3 Å². The van der Waals surface area contributed by atoms with Crippen molar-refractivity contribution in [3.63, 3.8) is 0 Å². The highest BCUT2D eigenvalue weighted by Gasteiger charge is 2.24. The van der Waals surface area contributed by atoms with Crippen molar-refractivity contribution in [1.82, 2.24) is 9.80 Å². The SMILES string of the molecule is O=C(Cc1ccc(Cl)cc1)N1CCN(C(=O)Cc2ccc(Cl)cc2)CC1. The molecule has 0 aliphatic carbocycles. The van der Waals surface area contributed by atoms with E-state index < -0.39 is 0 Å². The zero-order valence-corrected chi connectivity index (χ0v) is 15.8. The predicted octanol–water partition coefficient (Wildman–Crippen LogP) is 3.45. The zero-order chi connectivity index (χ0) is 18.5. The molecule has 0 atom stereocenters. The maximum absolute atomic E-state index is 12.4. The standard InChI is InChI=1S/C20H20Cl2N2O2/c21-17-5-1-15(2-6-17)13-19(25)23-9-11-24(12-10-23)20(26)14-16-3-7-18(22)8-4-16/h1-8H,9-14H2. The number of halogens is 2. The summed E-state index contributed by atoms with van der Waals surface area (Å²) in [7, 11) is 0. The highest BCUT2D eigenvalue weighted by Crippen LogP contribution is 2.14. The minimum Gasteiger partial charge on any atom is -0.339 e. The summed E-state index contributed by atoms with van der Waals surface area (Å²) >= 11 is 11.7. The van der Waals surface area contributed by atoms with E-state index >= 15 is 0 Å². The van der Waals surface area contributed by atoms with Crippen LogP contribution in [0.4, 0.5) is 0 Å². The number of hydrogen-bond acceptors (Lipinski definition) is 2. The Morgan fingerprint density at radius 2 is 0.962 bits per heavy atom. The smallest absolute Gasteiger partial charge is 0.227 e. The van der Waals surface area contributed by atoms with Gasteiger partial charge >= 0.3 is 0 Å². The first-order valence-corrected chi connectivity index (χ1v) is 9.31. The van der Waals surface area contributed by atoms with Gasteiger partial charge in [0.05, 0.1) is 12.8 Å². The zero-order valence-electron chi connectivity index (χ0n) is 14.3. The van der Waals surface area contributed by atoms with Crippen molar-refractivity contribution in [2.24, 2.45) is 0 Å². The van der Waals surface area contributed by atoms with Crippen LogP contribution in [0.2, 0.25) is 10.0 Å². The Balaban J connectivity index is 1.48. The number of rotatable bonds is 4. The van der Waals surface area contributed by atoms with Crippen LogP contribution in [0, 0.1) is 0 Å². The maximum atomic E-state index is 12.4. The normalized spacial score (nSPS) is 14.4. The largest absolute Gasteiger partial charge is 0.339 e. The molecule has 26 heavy (non-hydrogen) atoms. The molecule has 0 unspecified atom stereocenters. The molecule has 1 aliphatic heterocycles. The van der Waals surface area contributed by atoms with E-state index in [1.165, 1.54) is 0 Å². The number of benzene rings is 2. The lowest BCUT2D eigenvalue weighted by molar-refractivity contribution is -0.138. The van der Waals surface area contributed by atoms with E-state index in [0.29, 0.717) is 49.1 Å². The number of nitrogens with zero attached hydrogens (tertiary/aromatic N) is 2. The van der Waals surface area contributed by atoms with E-state index in [4.69, 9.17) is 23.2 Å². The van der Waals surface area contributed by atoms with Crippen LogP contribution in [0.15, 0.2) is 48.5 Å². The van der Waals surface area contributed by atoms with E-state index in [-0.39, 0.29) is 11.8 Å². The molecule has 0 bridgehead atoms. The fraction of sp³-hybridized carbons (Fsp3) is 0.300. The van der Waals surface area contributed by atoms with E-state index in [9.17, 15) is 9.59 Å². The minimum absolute atomic E-state index is 0.0807. The first-order chi connectivity index (χ1) is 12.5. The van der Waals surface area contributed by atoms with Crippen molar-refractivity contribution >= 4 is 35.0 Å². The fourth-order valence-corrected chi connectivity index (χ4v) is 3.23. The number of carbonyl (C=O) groups excluding carboxylic acids is 2. The first kappa shape index (κ1) is 18.7.